The molecule has 2 N–H and O–H groups in total. The van der Waals surface area contributed by atoms with Crippen molar-refractivity contribution >= 4 is 38.9 Å². The molecule has 7 heteroatoms. The number of carbonyl (C=O) groups excluding carboxylic acids is 1. The van der Waals surface area contributed by atoms with E-state index >= 15 is 0 Å². The first-order valence-corrected chi connectivity index (χ1v) is 7.06. The lowest BCUT2D eigenvalue weighted by Gasteiger charge is -2.13. The fraction of sp³-hybridized carbons (Fsp3) is 0.133. The first kappa shape index (κ1) is 16.4. The fourth-order valence-electron chi connectivity index (χ4n) is 1.83. The molecule has 0 radical (unpaired) electrons. The zero-order chi connectivity index (χ0) is 16.3. The van der Waals surface area contributed by atoms with Crippen LogP contribution in [0.2, 0.25) is 0 Å². The van der Waals surface area contributed by atoms with Gasteiger partial charge in [-0.1, -0.05) is 6.07 Å². The highest BCUT2D eigenvalue weighted by Gasteiger charge is 2.30. The van der Waals surface area contributed by atoms with Crippen LogP contribution in [0.15, 0.2) is 46.9 Å². The smallest absolute Gasteiger partial charge is 0.355 e. The molecule has 0 aromatic heterocycles. The topological polar surface area (TPSA) is 41.1 Å². The number of hydrogen-bond donors (Lipinski definition) is 2. The van der Waals surface area contributed by atoms with Gasteiger partial charge in [-0.2, -0.15) is 13.2 Å². The van der Waals surface area contributed by atoms with E-state index in [2.05, 4.69) is 26.6 Å². The molecule has 0 aliphatic heterocycles. The van der Waals surface area contributed by atoms with E-state index in [-0.39, 0.29) is 5.91 Å². The molecule has 0 fully saturated rings. The number of benzene rings is 2. The van der Waals surface area contributed by atoms with E-state index in [9.17, 15) is 18.0 Å². The van der Waals surface area contributed by atoms with Gasteiger partial charge < -0.3 is 10.6 Å². The second kappa shape index (κ2) is 6.39. The minimum atomic E-state index is -4.40. The minimum Gasteiger partial charge on any atom is -0.355 e. The number of amides is 1. The Kier molecular flexibility index (Phi) is 4.75. The molecule has 2 aromatic rings. The summed E-state index contributed by atoms with van der Waals surface area (Å²) in [6.45, 7) is 1.38. The van der Waals surface area contributed by atoms with Gasteiger partial charge in [0.15, 0.2) is 0 Å². The van der Waals surface area contributed by atoms with E-state index < -0.39 is 11.7 Å². The number of anilines is 3. The van der Waals surface area contributed by atoms with Gasteiger partial charge in [0.25, 0.3) is 0 Å². The Bertz CT molecular complexity index is 701. The van der Waals surface area contributed by atoms with Crippen molar-refractivity contribution in [1.29, 1.82) is 0 Å². The Labute approximate surface area is 133 Å². The number of carbonyl (C=O) groups is 1. The van der Waals surface area contributed by atoms with Gasteiger partial charge in [-0.05, 0) is 52.3 Å². The lowest BCUT2D eigenvalue weighted by atomic mass is 10.2. The van der Waals surface area contributed by atoms with Gasteiger partial charge in [0, 0.05) is 22.8 Å². The Hall–Kier alpha value is -2.02. The summed E-state index contributed by atoms with van der Waals surface area (Å²) in [6.07, 6.45) is -4.40. The highest BCUT2D eigenvalue weighted by Crippen LogP contribution is 2.33. The van der Waals surface area contributed by atoms with Gasteiger partial charge in [0.1, 0.15) is 0 Å². The normalized spacial score (nSPS) is 11.1. The third-order valence-electron chi connectivity index (χ3n) is 2.76. The molecule has 0 spiro atoms. The molecule has 0 saturated carbocycles. The van der Waals surface area contributed by atoms with Crippen molar-refractivity contribution in [3.63, 3.8) is 0 Å². The summed E-state index contributed by atoms with van der Waals surface area (Å²) in [5.74, 6) is -0.229. The van der Waals surface area contributed by atoms with Crippen LogP contribution in [0.1, 0.15) is 12.5 Å². The molecule has 0 bridgehead atoms. The van der Waals surface area contributed by atoms with Crippen molar-refractivity contribution in [3.8, 4) is 0 Å². The third kappa shape index (κ3) is 4.24. The molecular formula is C15H12BrF3N2O. The molecule has 0 aliphatic carbocycles. The monoisotopic (exact) mass is 372 g/mol. The molecule has 2 aromatic carbocycles. The Morgan fingerprint density at radius 3 is 2.45 bits per heavy atom. The minimum absolute atomic E-state index is 0.229. The number of halogens is 4. The summed E-state index contributed by atoms with van der Waals surface area (Å²) in [5, 5.41) is 5.51. The molecule has 116 valence electrons. The maximum absolute atomic E-state index is 12.7. The van der Waals surface area contributed by atoms with Crippen LogP contribution in [0.3, 0.4) is 0 Å². The fourth-order valence-corrected chi connectivity index (χ4v) is 2.18. The highest BCUT2D eigenvalue weighted by atomic mass is 79.9. The first-order chi connectivity index (χ1) is 10.3. The average Bonchev–Trinajstić information content (AvgIpc) is 2.41. The molecule has 0 unspecified atom stereocenters. The van der Waals surface area contributed by atoms with Crippen LogP contribution >= 0.6 is 15.9 Å². The zero-order valence-electron chi connectivity index (χ0n) is 11.5. The van der Waals surface area contributed by atoms with Gasteiger partial charge in [-0.25, -0.2) is 0 Å². The third-order valence-corrected chi connectivity index (χ3v) is 3.45. The molecule has 0 saturated heterocycles. The quantitative estimate of drug-likeness (QED) is 0.780. The van der Waals surface area contributed by atoms with Gasteiger partial charge in [0.05, 0.1) is 11.3 Å². The summed E-state index contributed by atoms with van der Waals surface area (Å²) in [4.78, 5) is 11.1. The second-order valence-electron chi connectivity index (χ2n) is 4.58. The predicted molar refractivity (Wildman–Crippen MR) is 83.2 cm³/mol. The van der Waals surface area contributed by atoms with Crippen LogP contribution < -0.4 is 10.6 Å². The van der Waals surface area contributed by atoms with Crippen molar-refractivity contribution in [3.05, 3.63) is 52.5 Å². The van der Waals surface area contributed by atoms with E-state index in [1.165, 1.54) is 19.1 Å². The van der Waals surface area contributed by atoms with Gasteiger partial charge >= 0.3 is 6.18 Å². The maximum Gasteiger partial charge on any atom is 0.416 e. The van der Waals surface area contributed by atoms with Crippen LogP contribution in [0, 0.1) is 0 Å². The number of hydrogen-bond acceptors (Lipinski definition) is 2. The SMILES string of the molecule is CC(=O)Nc1ccc(Br)c(Nc2cccc(C(F)(F)F)c2)c1. The van der Waals surface area contributed by atoms with E-state index in [0.29, 0.717) is 21.5 Å². The summed E-state index contributed by atoms with van der Waals surface area (Å²) in [5.41, 5.74) is 0.665. The highest BCUT2D eigenvalue weighted by molar-refractivity contribution is 9.10. The molecule has 0 aliphatic rings. The summed E-state index contributed by atoms with van der Waals surface area (Å²) < 4.78 is 38.8. The molecule has 1 amide bonds. The lowest BCUT2D eigenvalue weighted by Crippen LogP contribution is -2.06. The first-order valence-electron chi connectivity index (χ1n) is 6.27. The number of nitrogens with one attached hydrogen (secondary N) is 2. The van der Waals surface area contributed by atoms with Gasteiger partial charge in [-0.15, -0.1) is 0 Å². The standard InChI is InChI=1S/C15H12BrF3N2O/c1-9(22)20-12-5-6-13(16)14(8-12)21-11-4-2-3-10(7-11)15(17,18)19/h2-8,21H,1H3,(H,20,22). The summed E-state index contributed by atoms with van der Waals surface area (Å²) in [6, 6.07) is 9.91. The summed E-state index contributed by atoms with van der Waals surface area (Å²) in [7, 11) is 0. The Balaban J connectivity index is 2.29. The van der Waals surface area contributed by atoms with E-state index in [1.54, 1.807) is 18.2 Å². The molecular weight excluding hydrogens is 361 g/mol. The van der Waals surface area contributed by atoms with Gasteiger partial charge in [0.2, 0.25) is 5.91 Å². The number of rotatable bonds is 3. The van der Waals surface area contributed by atoms with Crippen molar-refractivity contribution in [2.75, 3.05) is 10.6 Å². The van der Waals surface area contributed by atoms with Crippen LogP contribution in [0.5, 0.6) is 0 Å². The van der Waals surface area contributed by atoms with Crippen LogP contribution in [0.25, 0.3) is 0 Å². The number of alkyl halides is 3. The van der Waals surface area contributed by atoms with Crippen molar-refractivity contribution in [2.45, 2.75) is 13.1 Å². The zero-order valence-corrected chi connectivity index (χ0v) is 13.0. The Morgan fingerprint density at radius 2 is 1.82 bits per heavy atom. The van der Waals surface area contributed by atoms with E-state index in [4.69, 9.17) is 0 Å². The maximum atomic E-state index is 12.7. The molecule has 0 atom stereocenters. The molecule has 22 heavy (non-hydrogen) atoms. The van der Waals surface area contributed by atoms with Gasteiger partial charge in [-0.3, -0.25) is 4.79 Å². The molecule has 2 rings (SSSR count). The summed E-state index contributed by atoms with van der Waals surface area (Å²) >= 11 is 3.31. The average molecular weight is 373 g/mol. The van der Waals surface area contributed by atoms with Crippen molar-refractivity contribution < 1.29 is 18.0 Å². The van der Waals surface area contributed by atoms with Crippen molar-refractivity contribution in [2.24, 2.45) is 0 Å². The second-order valence-corrected chi connectivity index (χ2v) is 5.43. The molecule has 3 nitrogen and oxygen atoms in total. The van der Waals surface area contributed by atoms with Crippen molar-refractivity contribution in [1.82, 2.24) is 0 Å². The molecule has 0 heterocycles. The van der Waals surface area contributed by atoms with Crippen LogP contribution in [-0.4, -0.2) is 5.91 Å². The lowest BCUT2D eigenvalue weighted by molar-refractivity contribution is -0.137. The van der Waals surface area contributed by atoms with Crippen LogP contribution in [0.4, 0.5) is 30.2 Å². The predicted octanol–water partition coefficient (Wildman–Crippen LogP) is 5.17. The van der Waals surface area contributed by atoms with Crippen LogP contribution in [-0.2, 0) is 11.0 Å². The van der Waals surface area contributed by atoms with E-state index in [1.807, 2.05) is 0 Å². The van der Waals surface area contributed by atoms with E-state index in [0.717, 1.165) is 12.1 Å². The largest absolute Gasteiger partial charge is 0.416 e. The Morgan fingerprint density at radius 1 is 1.09 bits per heavy atom.